The molecule has 3 rings (SSSR count). The monoisotopic (exact) mass is 300 g/mol. The van der Waals surface area contributed by atoms with E-state index in [0.29, 0.717) is 24.7 Å². The number of hydrogen-bond donors (Lipinski definition) is 1. The number of aromatic nitrogens is 1. The van der Waals surface area contributed by atoms with Crippen LogP contribution in [0.3, 0.4) is 0 Å². The van der Waals surface area contributed by atoms with Gasteiger partial charge in [-0.2, -0.15) is 0 Å². The number of rotatable bonds is 3. The highest BCUT2D eigenvalue weighted by atomic mass is 16.6. The highest BCUT2D eigenvalue weighted by Gasteiger charge is 2.24. The van der Waals surface area contributed by atoms with Crippen molar-refractivity contribution in [2.45, 2.75) is 6.10 Å². The molecule has 0 saturated heterocycles. The lowest BCUT2D eigenvalue weighted by atomic mass is 10.2. The second-order valence-electron chi connectivity index (χ2n) is 5.10. The number of likely N-dealkylation sites (N-methyl/N-ethyl adjacent to an activating group) is 1. The quantitative estimate of drug-likeness (QED) is 0.927. The largest absolute Gasteiger partial charge is 0.486 e. The van der Waals surface area contributed by atoms with Gasteiger partial charge in [0.15, 0.2) is 17.6 Å². The molecule has 22 heavy (non-hydrogen) atoms. The standard InChI is InChI=1S/C16H16N2O4/c1-18(16(20)12-5-4-8-17-15(12)19)9-11-10-21-13-6-2-3-7-14(13)22-11/h2-8,11H,9-10H2,1H3,(H,17,19). The van der Waals surface area contributed by atoms with Gasteiger partial charge in [0, 0.05) is 13.2 Å². The highest BCUT2D eigenvalue weighted by Crippen LogP contribution is 2.30. The van der Waals surface area contributed by atoms with Gasteiger partial charge >= 0.3 is 0 Å². The molecule has 0 bridgehead atoms. The van der Waals surface area contributed by atoms with Crippen molar-refractivity contribution in [2.24, 2.45) is 0 Å². The molecule has 6 heteroatoms. The number of aromatic amines is 1. The van der Waals surface area contributed by atoms with Crippen LogP contribution >= 0.6 is 0 Å². The number of ether oxygens (including phenoxy) is 2. The van der Waals surface area contributed by atoms with Crippen molar-refractivity contribution >= 4 is 5.91 Å². The Morgan fingerprint density at radius 2 is 2.05 bits per heavy atom. The maximum absolute atomic E-state index is 12.3. The molecule has 1 atom stereocenters. The Morgan fingerprint density at radius 1 is 1.27 bits per heavy atom. The van der Waals surface area contributed by atoms with Gasteiger partial charge in [-0.05, 0) is 24.3 Å². The molecule has 0 radical (unpaired) electrons. The fraction of sp³-hybridized carbons (Fsp3) is 0.250. The van der Waals surface area contributed by atoms with Crippen LogP contribution in [0.2, 0.25) is 0 Å². The lowest BCUT2D eigenvalue weighted by Gasteiger charge is -2.29. The molecule has 1 aromatic carbocycles. The Morgan fingerprint density at radius 3 is 2.82 bits per heavy atom. The van der Waals surface area contributed by atoms with Gasteiger partial charge in [-0.3, -0.25) is 9.59 Å². The van der Waals surface area contributed by atoms with Gasteiger partial charge in [0.1, 0.15) is 12.2 Å². The number of nitrogens with one attached hydrogen (secondary N) is 1. The van der Waals surface area contributed by atoms with Crippen LogP contribution in [0, 0.1) is 0 Å². The highest BCUT2D eigenvalue weighted by molar-refractivity contribution is 5.93. The predicted octanol–water partition coefficient (Wildman–Crippen LogP) is 1.29. The van der Waals surface area contributed by atoms with Crippen molar-refractivity contribution in [2.75, 3.05) is 20.2 Å². The third-order valence-electron chi connectivity index (χ3n) is 3.44. The van der Waals surface area contributed by atoms with E-state index in [1.807, 2.05) is 24.3 Å². The molecule has 1 aliphatic heterocycles. The van der Waals surface area contributed by atoms with Crippen LogP contribution in [0.5, 0.6) is 11.5 Å². The van der Waals surface area contributed by atoms with Crippen molar-refractivity contribution in [3.8, 4) is 11.5 Å². The van der Waals surface area contributed by atoms with E-state index in [4.69, 9.17) is 9.47 Å². The van der Waals surface area contributed by atoms with Crippen molar-refractivity contribution in [1.82, 2.24) is 9.88 Å². The number of nitrogens with zero attached hydrogens (tertiary/aromatic N) is 1. The van der Waals surface area contributed by atoms with E-state index < -0.39 is 5.56 Å². The summed E-state index contributed by atoms with van der Waals surface area (Å²) < 4.78 is 11.4. The maximum Gasteiger partial charge on any atom is 0.260 e. The molecule has 2 heterocycles. The normalized spacial score (nSPS) is 16.1. The van der Waals surface area contributed by atoms with E-state index in [-0.39, 0.29) is 17.6 Å². The zero-order valence-electron chi connectivity index (χ0n) is 12.1. The van der Waals surface area contributed by atoms with Crippen LogP contribution in [0.1, 0.15) is 10.4 Å². The first kappa shape index (κ1) is 14.2. The number of carbonyl (C=O) groups excluding carboxylic acids is 1. The molecule has 0 fully saturated rings. The van der Waals surface area contributed by atoms with Crippen LogP contribution in [0.25, 0.3) is 0 Å². The first-order valence-electron chi connectivity index (χ1n) is 6.97. The third kappa shape index (κ3) is 2.81. The number of benzene rings is 1. The van der Waals surface area contributed by atoms with Crippen LogP contribution in [-0.4, -0.2) is 42.1 Å². The molecule has 114 valence electrons. The van der Waals surface area contributed by atoms with Crippen molar-refractivity contribution in [1.29, 1.82) is 0 Å². The SMILES string of the molecule is CN(CC1COc2ccccc2O1)C(=O)c1ccc[nH]c1=O. The maximum atomic E-state index is 12.3. The Hall–Kier alpha value is -2.76. The van der Waals surface area contributed by atoms with Crippen molar-refractivity contribution in [3.05, 3.63) is 58.5 Å². The molecule has 1 unspecified atom stereocenters. The summed E-state index contributed by atoms with van der Waals surface area (Å²) in [5.41, 5.74) is -0.285. The van der Waals surface area contributed by atoms with Crippen LogP contribution in [-0.2, 0) is 0 Å². The topological polar surface area (TPSA) is 71.6 Å². The predicted molar refractivity (Wildman–Crippen MR) is 80.4 cm³/mol. The van der Waals surface area contributed by atoms with Crippen molar-refractivity contribution in [3.63, 3.8) is 0 Å². The van der Waals surface area contributed by atoms with Gasteiger partial charge in [-0.15, -0.1) is 0 Å². The first-order chi connectivity index (χ1) is 10.6. The minimum Gasteiger partial charge on any atom is -0.486 e. The Kier molecular flexibility index (Phi) is 3.82. The number of H-pyrrole nitrogens is 1. The number of fused-ring (bicyclic) bond motifs is 1. The summed E-state index contributed by atoms with van der Waals surface area (Å²) >= 11 is 0. The lowest BCUT2D eigenvalue weighted by molar-refractivity contribution is 0.0520. The lowest BCUT2D eigenvalue weighted by Crippen LogP contribution is -2.42. The van der Waals surface area contributed by atoms with Crippen molar-refractivity contribution < 1.29 is 14.3 Å². The van der Waals surface area contributed by atoms with Gasteiger partial charge in [0.05, 0.1) is 6.54 Å². The Balaban J connectivity index is 1.68. The minimum absolute atomic E-state index is 0.113. The number of para-hydroxylation sites is 2. The molecule has 0 saturated carbocycles. The molecule has 6 nitrogen and oxygen atoms in total. The fourth-order valence-corrected chi connectivity index (χ4v) is 2.34. The second kappa shape index (κ2) is 5.93. The second-order valence-corrected chi connectivity index (χ2v) is 5.10. The van der Waals surface area contributed by atoms with Crippen LogP contribution in [0.4, 0.5) is 0 Å². The molecule has 1 aromatic heterocycles. The van der Waals surface area contributed by atoms with Gasteiger partial charge in [0.25, 0.3) is 11.5 Å². The van der Waals surface area contributed by atoms with Crippen LogP contribution in [0.15, 0.2) is 47.4 Å². The van der Waals surface area contributed by atoms with E-state index in [1.54, 1.807) is 13.1 Å². The molecule has 1 aliphatic rings. The molecule has 2 aromatic rings. The number of amides is 1. The molecular formula is C16H16N2O4. The van der Waals surface area contributed by atoms with E-state index in [9.17, 15) is 9.59 Å². The summed E-state index contributed by atoms with van der Waals surface area (Å²) in [4.78, 5) is 27.9. The molecular weight excluding hydrogens is 284 g/mol. The molecule has 0 spiro atoms. The smallest absolute Gasteiger partial charge is 0.260 e. The fourth-order valence-electron chi connectivity index (χ4n) is 2.34. The van der Waals surface area contributed by atoms with Crippen LogP contribution < -0.4 is 15.0 Å². The van der Waals surface area contributed by atoms with E-state index in [0.717, 1.165) is 0 Å². The van der Waals surface area contributed by atoms with E-state index >= 15 is 0 Å². The average Bonchev–Trinajstić information content (AvgIpc) is 2.54. The zero-order chi connectivity index (χ0) is 15.5. The average molecular weight is 300 g/mol. The summed E-state index contributed by atoms with van der Waals surface area (Å²) in [5, 5.41) is 0. The Bertz CT molecular complexity index is 741. The number of carbonyl (C=O) groups is 1. The summed E-state index contributed by atoms with van der Waals surface area (Å²) in [7, 11) is 1.64. The zero-order valence-corrected chi connectivity index (χ0v) is 12.1. The summed E-state index contributed by atoms with van der Waals surface area (Å²) in [6, 6.07) is 10.5. The Labute approximate surface area is 127 Å². The van der Waals surface area contributed by atoms with Gasteiger partial charge in [0.2, 0.25) is 0 Å². The summed E-state index contributed by atoms with van der Waals surface area (Å²) in [5.74, 6) is 1.02. The molecule has 0 aliphatic carbocycles. The minimum atomic E-state index is -0.398. The summed E-state index contributed by atoms with van der Waals surface area (Å²) in [6.07, 6.45) is 1.22. The van der Waals surface area contributed by atoms with Gasteiger partial charge in [-0.1, -0.05) is 12.1 Å². The third-order valence-corrected chi connectivity index (χ3v) is 3.44. The molecule has 1 amide bonds. The summed E-state index contributed by atoms with van der Waals surface area (Å²) in [6.45, 7) is 0.696. The number of hydrogen-bond acceptors (Lipinski definition) is 4. The first-order valence-corrected chi connectivity index (χ1v) is 6.97. The number of pyridine rings is 1. The molecule has 1 N–H and O–H groups in total. The van der Waals surface area contributed by atoms with Gasteiger partial charge in [-0.25, -0.2) is 0 Å². The van der Waals surface area contributed by atoms with Gasteiger partial charge < -0.3 is 19.4 Å². The van der Waals surface area contributed by atoms with E-state index in [2.05, 4.69) is 4.98 Å². The van der Waals surface area contributed by atoms with E-state index in [1.165, 1.54) is 17.2 Å².